The Balaban J connectivity index is 1.56. The first-order valence-corrected chi connectivity index (χ1v) is 8.62. The lowest BCUT2D eigenvalue weighted by atomic mass is 10.1. The van der Waals surface area contributed by atoms with Crippen molar-refractivity contribution in [3.05, 3.63) is 66.0 Å². The summed E-state index contributed by atoms with van der Waals surface area (Å²) in [5, 5.41) is 2.93. The lowest BCUT2D eigenvalue weighted by Gasteiger charge is -2.08. The van der Waals surface area contributed by atoms with Crippen molar-refractivity contribution in [1.29, 1.82) is 0 Å². The Labute approximate surface area is 147 Å². The summed E-state index contributed by atoms with van der Waals surface area (Å²) in [5.41, 5.74) is 10.1. The zero-order valence-corrected chi connectivity index (χ0v) is 14.5. The number of carbonyl (C=O) groups excluding carboxylic acids is 1. The molecule has 0 radical (unpaired) electrons. The van der Waals surface area contributed by atoms with Gasteiger partial charge in [0.25, 0.3) is 0 Å². The quantitative estimate of drug-likeness (QED) is 0.697. The van der Waals surface area contributed by atoms with Gasteiger partial charge >= 0.3 is 0 Å². The molecule has 1 heterocycles. The van der Waals surface area contributed by atoms with E-state index in [9.17, 15) is 4.79 Å². The Morgan fingerprint density at radius 3 is 2.64 bits per heavy atom. The predicted octanol–water partition coefficient (Wildman–Crippen LogP) is 2.83. The van der Waals surface area contributed by atoms with Gasteiger partial charge in [0.05, 0.1) is 17.4 Å². The average molecular weight is 336 g/mol. The summed E-state index contributed by atoms with van der Waals surface area (Å²) >= 11 is 0. The van der Waals surface area contributed by atoms with E-state index in [0.29, 0.717) is 19.4 Å². The molecular formula is C20H24N4O. The highest BCUT2D eigenvalue weighted by Gasteiger charge is 2.05. The van der Waals surface area contributed by atoms with Crippen LogP contribution in [-0.2, 0) is 17.9 Å². The van der Waals surface area contributed by atoms with Gasteiger partial charge in [-0.05, 0) is 36.6 Å². The molecule has 0 saturated heterocycles. The number of hydrogen-bond donors (Lipinski definition) is 2. The van der Waals surface area contributed by atoms with Gasteiger partial charge in [-0.15, -0.1) is 0 Å². The summed E-state index contributed by atoms with van der Waals surface area (Å²) in [4.78, 5) is 16.2. The fraction of sp³-hybridized carbons (Fsp3) is 0.300. The second kappa shape index (κ2) is 7.94. The number of fused-ring (bicyclic) bond motifs is 1. The molecule has 25 heavy (non-hydrogen) atoms. The van der Waals surface area contributed by atoms with Crippen molar-refractivity contribution in [3.63, 3.8) is 0 Å². The van der Waals surface area contributed by atoms with E-state index in [0.717, 1.165) is 23.1 Å². The Hall–Kier alpha value is -2.66. The maximum absolute atomic E-state index is 11.7. The highest BCUT2D eigenvalue weighted by molar-refractivity contribution is 5.76. The number of nitrogens with zero attached hydrogens (tertiary/aromatic N) is 2. The zero-order chi connectivity index (χ0) is 17.6. The number of carbonyl (C=O) groups is 1. The van der Waals surface area contributed by atoms with Crippen molar-refractivity contribution in [2.75, 3.05) is 0 Å². The minimum Gasteiger partial charge on any atom is -0.352 e. The zero-order valence-electron chi connectivity index (χ0n) is 14.5. The van der Waals surface area contributed by atoms with Crippen LogP contribution in [-0.4, -0.2) is 21.5 Å². The second-order valence-electron chi connectivity index (χ2n) is 6.47. The highest BCUT2D eigenvalue weighted by Crippen LogP contribution is 2.14. The monoisotopic (exact) mass is 336 g/mol. The van der Waals surface area contributed by atoms with Crippen LogP contribution in [0.2, 0.25) is 0 Å². The van der Waals surface area contributed by atoms with Crippen molar-refractivity contribution >= 4 is 16.9 Å². The number of benzene rings is 2. The van der Waals surface area contributed by atoms with Crippen LogP contribution in [0.1, 0.15) is 30.9 Å². The third-order valence-corrected chi connectivity index (χ3v) is 4.22. The van der Waals surface area contributed by atoms with Crippen LogP contribution in [0, 0.1) is 0 Å². The van der Waals surface area contributed by atoms with Crippen LogP contribution < -0.4 is 11.1 Å². The largest absolute Gasteiger partial charge is 0.352 e. The molecule has 3 rings (SSSR count). The van der Waals surface area contributed by atoms with Crippen LogP contribution in [0.3, 0.4) is 0 Å². The van der Waals surface area contributed by atoms with Crippen LogP contribution in [0.15, 0.2) is 54.9 Å². The summed E-state index contributed by atoms with van der Waals surface area (Å²) in [6.07, 6.45) is 3.06. The Morgan fingerprint density at radius 1 is 1.16 bits per heavy atom. The molecule has 0 fully saturated rings. The number of nitrogens with one attached hydrogen (secondary N) is 1. The molecule has 1 atom stereocenters. The van der Waals surface area contributed by atoms with E-state index in [2.05, 4.69) is 45.2 Å². The molecule has 130 valence electrons. The third kappa shape index (κ3) is 4.67. The van der Waals surface area contributed by atoms with E-state index >= 15 is 0 Å². The molecule has 5 nitrogen and oxygen atoms in total. The summed E-state index contributed by atoms with van der Waals surface area (Å²) in [6.45, 7) is 3.24. The van der Waals surface area contributed by atoms with Gasteiger partial charge in [-0.3, -0.25) is 4.79 Å². The molecule has 0 aliphatic heterocycles. The van der Waals surface area contributed by atoms with Gasteiger partial charge in [0, 0.05) is 25.6 Å². The van der Waals surface area contributed by atoms with Gasteiger partial charge in [-0.2, -0.15) is 0 Å². The molecule has 0 bridgehead atoms. The van der Waals surface area contributed by atoms with Gasteiger partial charge in [0.15, 0.2) is 0 Å². The minimum absolute atomic E-state index is 0.0475. The van der Waals surface area contributed by atoms with Gasteiger partial charge in [-0.25, -0.2) is 4.98 Å². The first-order valence-electron chi connectivity index (χ1n) is 8.62. The number of rotatable bonds is 7. The highest BCUT2D eigenvalue weighted by atomic mass is 16.1. The number of para-hydroxylation sites is 2. The Morgan fingerprint density at radius 2 is 1.88 bits per heavy atom. The number of imidazole rings is 1. The number of amides is 1. The van der Waals surface area contributed by atoms with E-state index < -0.39 is 0 Å². The first-order chi connectivity index (χ1) is 12.1. The topological polar surface area (TPSA) is 72.9 Å². The predicted molar refractivity (Wildman–Crippen MR) is 100 cm³/mol. The number of nitrogens with two attached hydrogens (primary N) is 1. The van der Waals surface area contributed by atoms with Crippen molar-refractivity contribution in [2.45, 2.75) is 38.9 Å². The molecule has 2 aromatic carbocycles. The molecule has 1 aromatic heterocycles. The van der Waals surface area contributed by atoms with E-state index in [4.69, 9.17) is 5.73 Å². The minimum atomic E-state index is 0.0475. The van der Waals surface area contributed by atoms with Crippen LogP contribution in [0.4, 0.5) is 0 Å². The average Bonchev–Trinajstić information content (AvgIpc) is 3.02. The third-order valence-electron chi connectivity index (χ3n) is 4.22. The Bertz CT molecular complexity index is 836. The molecule has 0 spiro atoms. The van der Waals surface area contributed by atoms with Crippen LogP contribution in [0.5, 0.6) is 0 Å². The van der Waals surface area contributed by atoms with Crippen molar-refractivity contribution < 1.29 is 4.79 Å². The number of aromatic nitrogens is 2. The second-order valence-corrected chi connectivity index (χ2v) is 6.47. The number of hydrogen-bond acceptors (Lipinski definition) is 3. The maximum atomic E-state index is 11.7. The first kappa shape index (κ1) is 17.2. The lowest BCUT2D eigenvalue weighted by molar-refractivity contribution is -0.121. The van der Waals surface area contributed by atoms with E-state index in [1.54, 1.807) is 0 Å². The van der Waals surface area contributed by atoms with Gasteiger partial charge in [0.2, 0.25) is 5.91 Å². The van der Waals surface area contributed by atoms with Gasteiger partial charge in [0.1, 0.15) is 0 Å². The standard InChI is InChI=1S/C20H24N4O/c1-15(21)6-11-20(25)22-12-16-7-9-17(10-8-16)13-24-14-23-18-4-2-3-5-19(18)24/h2-5,7-10,14-15H,6,11-13,21H2,1H3,(H,22,25). The maximum Gasteiger partial charge on any atom is 0.220 e. The van der Waals surface area contributed by atoms with Crippen molar-refractivity contribution in [2.24, 2.45) is 5.73 Å². The fourth-order valence-corrected chi connectivity index (χ4v) is 2.74. The molecule has 3 N–H and O–H groups in total. The molecule has 0 aliphatic carbocycles. The van der Waals surface area contributed by atoms with Gasteiger partial charge in [-0.1, -0.05) is 36.4 Å². The molecule has 0 saturated carbocycles. The summed E-state index contributed by atoms with van der Waals surface area (Å²) in [6, 6.07) is 16.5. The van der Waals surface area contributed by atoms with Crippen molar-refractivity contribution in [3.8, 4) is 0 Å². The Kier molecular flexibility index (Phi) is 5.46. The van der Waals surface area contributed by atoms with Crippen LogP contribution in [0.25, 0.3) is 11.0 Å². The summed E-state index contributed by atoms with van der Waals surface area (Å²) in [7, 11) is 0. The fourth-order valence-electron chi connectivity index (χ4n) is 2.74. The molecule has 1 amide bonds. The van der Waals surface area contributed by atoms with E-state index in [-0.39, 0.29) is 11.9 Å². The molecule has 3 aromatic rings. The normalized spacial score (nSPS) is 12.2. The van der Waals surface area contributed by atoms with Crippen molar-refractivity contribution in [1.82, 2.24) is 14.9 Å². The van der Waals surface area contributed by atoms with E-state index in [1.807, 2.05) is 31.5 Å². The van der Waals surface area contributed by atoms with Crippen LogP contribution >= 0.6 is 0 Å². The smallest absolute Gasteiger partial charge is 0.220 e. The summed E-state index contributed by atoms with van der Waals surface area (Å²) in [5.74, 6) is 0.0475. The van der Waals surface area contributed by atoms with E-state index in [1.165, 1.54) is 5.56 Å². The summed E-state index contributed by atoms with van der Waals surface area (Å²) < 4.78 is 2.14. The molecule has 1 unspecified atom stereocenters. The molecule has 5 heteroatoms. The SMILES string of the molecule is CC(N)CCC(=O)NCc1ccc(Cn2cnc3ccccc32)cc1. The lowest BCUT2D eigenvalue weighted by Crippen LogP contribution is -2.25. The molecule has 0 aliphatic rings. The molecular weight excluding hydrogens is 312 g/mol. The van der Waals surface area contributed by atoms with Gasteiger partial charge < -0.3 is 15.6 Å².